The van der Waals surface area contributed by atoms with E-state index in [1.165, 1.54) is 11.8 Å². The first kappa shape index (κ1) is 16.3. The number of nitrogens with zero attached hydrogens (tertiary/aromatic N) is 4. The van der Waals surface area contributed by atoms with Crippen LogP contribution in [-0.4, -0.2) is 72.3 Å². The van der Waals surface area contributed by atoms with Gasteiger partial charge in [0, 0.05) is 18.2 Å². The predicted molar refractivity (Wildman–Crippen MR) is 89.9 cm³/mol. The number of anilines is 2. The van der Waals surface area contributed by atoms with Gasteiger partial charge in [-0.2, -0.15) is 0 Å². The maximum atomic E-state index is 5.83. The van der Waals surface area contributed by atoms with Gasteiger partial charge >= 0.3 is 0 Å². The number of likely N-dealkylation sites (N-methyl/N-ethyl adjacent to an activating group) is 1. The van der Waals surface area contributed by atoms with E-state index in [0.717, 1.165) is 38.3 Å². The third-order valence-corrected chi connectivity index (χ3v) is 4.92. The quantitative estimate of drug-likeness (QED) is 0.626. The van der Waals surface area contributed by atoms with E-state index in [-0.39, 0.29) is 5.54 Å². The molecule has 6 nitrogen and oxygen atoms in total. The minimum atomic E-state index is 0.172. The number of nitrogens with two attached hydrogens (primary N) is 1. The SMILES string of the molecule is CSc1nc(N)cc(NCC2(N(C)C)CCN(C)CC2)n1. The first-order valence-corrected chi connectivity index (χ1v) is 8.46. The Kier molecular flexibility index (Phi) is 5.29. The van der Waals surface area contributed by atoms with Crippen molar-refractivity contribution in [2.45, 2.75) is 23.5 Å². The van der Waals surface area contributed by atoms with Crippen molar-refractivity contribution in [3.8, 4) is 0 Å². The van der Waals surface area contributed by atoms with Crippen LogP contribution in [0.2, 0.25) is 0 Å². The number of hydrogen-bond acceptors (Lipinski definition) is 7. The van der Waals surface area contributed by atoms with E-state index in [1.807, 2.05) is 6.26 Å². The smallest absolute Gasteiger partial charge is 0.191 e. The van der Waals surface area contributed by atoms with Crippen LogP contribution in [0.5, 0.6) is 0 Å². The van der Waals surface area contributed by atoms with Crippen molar-refractivity contribution in [1.29, 1.82) is 0 Å². The zero-order valence-electron chi connectivity index (χ0n) is 13.4. The molecule has 2 heterocycles. The monoisotopic (exact) mass is 310 g/mol. The maximum Gasteiger partial charge on any atom is 0.191 e. The van der Waals surface area contributed by atoms with E-state index in [9.17, 15) is 0 Å². The molecule has 0 aromatic carbocycles. The fourth-order valence-corrected chi connectivity index (χ4v) is 3.08. The summed E-state index contributed by atoms with van der Waals surface area (Å²) in [6.07, 6.45) is 4.26. The molecular weight excluding hydrogens is 284 g/mol. The van der Waals surface area contributed by atoms with Gasteiger partial charge in [0.2, 0.25) is 0 Å². The average molecular weight is 310 g/mol. The molecule has 1 aliphatic heterocycles. The number of rotatable bonds is 5. The Balaban J connectivity index is 2.07. The Morgan fingerprint density at radius 2 is 2.05 bits per heavy atom. The molecule has 2 rings (SSSR count). The molecule has 118 valence electrons. The minimum absolute atomic E-state index is 0.172. The summed E-state index contributed by atoms with van der Waals surface area (Å²) < 4.78 is 0. The highest BCUT2D eigenvalue weighted by atomic mass is 32.2. The number of hydrogen-bond donors (Lipinski definition) is 2. The predicted octanol–water partition coefficient (Wildman–Crippen LogP) is 1.22. The van der Waals surface area contributed by atoms with Crippen molar-refractivity contribution in [1.82, 2.24) is 19.8 Å². The van der Waals surface area contributed by atoms with E-state index in [1.54, 1.807) is 6.07 Å². The molecule has 0 spiro atoms. The molecule has 0 bridgehead atoms. The Hall–Kier alpha value is -1.05. The third-order valence-electron chi connectivity index (χ3n) is 4.37. The maximum absolute atomic E-state index is 5.83. The first-order chi connectivity index (χ1) is 9.95. The Labute approximate surface area is 131 Å². The number of aromatic nitrogens is 2. The summed E-state index contributed by atoms with van der Waals surface area (Å²) in [7, 11) is 6.51. The molecular formula is C14H26N6S. The van der Waals surface area contributed by atoms with Gasteiger partial charge in [-0.1, -0.05) is 11.8 Å². The molecule has 1 aliphatic rings. The van der Waals surface area contributed by atoms with Crippen LogP contribution in [0.15, 0.2) is 11.2 Å². The first-order valence-electron chi connectivity index (χ1n) is 7.23. The van der Waals surface area contributed by atoms with Gasteiger partial charge in [-0.25, -0.2) is 9.97 Å². The van der Waals surface area contributed by atoms with E-state index >= 15 is 0 Å². The highest BCUT2D eigenvalue weighted by Gasteiger charge is 2.35. The fraction of sp³-hybridized carbons (Fsp3) is 0.714. The molecule has 0 amide bonds. The van der Waals surface area contributed by atoms with Crippen molar-refractivity contribution in [3.63, 3.8) is 0 Å². The van der Waals surface area contributed by atoms with E-state index < -0.39 is 0 Å². The second-order valence-corrected chi connectivity index (χ2v) is 6.71. The lowest BCUT2D eigenvalue weighted by Crippen LogP contribution is -2.55. The van der Waals surface area contributed by atoms with Gasteiger partial charge in [0.15, 0.2) is 5.16 Å². The van der Waals surface area contributed by atoms with Crippen LogP contribution in [0.1, 0.15) is 12.8 Å². The highest BCUT2D eigenvalue weighted by molar-refractivity contribution is 7.98. The second-order valence-electron chi connectivity index (χ2n) is 5.94. The summed E-state index contributed by atoms with van der Waals surface area (Å²) >= 11 is 1.50. The molecule has 0 atom stereocenters. The van der Waals surface area contributed by atoms with Crippen LogP contribution >= 0.6 is 11.8 Å². The molecule has 1 aromatic heterocycles. The third kappa shape index (κ3) is 3.99. The van der Waals surface area contributed by atoms with Crippen molar-refractivity contribution in [2.24, 2.45) is 0 Å². The lowest BCUT2D eigenvalue weighted by Gasteiger charge is -2.45. The normalized spacial score (nSPS) is 18.9. The summed E-state index contributed by atoms with van der Waals surface area (Å²) in [6, 6.07) is 1.80. The van der Waals surface area contributed by atoms with E-state index in [2.05, 4.69) is 46.2 Å². The van der Waals surface area contributed by atoms with Gasteiger partial charge in [-0.3, -0.25) is 0 Å². The standard InChI is InChI=1S/C14H26N6S/c1-19(2)14(5-7-20(3)8-6-14)10-16-12-9-11(15)17-13(18-12)21-4/h9H,5-8,10H2,1-4H3,(H3,15,16,17,18). The van der Waals surface area contributed by atoms with E-state index in [4.69, 9.17) is 5.73 Å². The van der Waals surface area contributed by atoms with Crippen LogP contribution in [0.4, 0.5) is 11.6 Å². The van der Waals surface area contributed by atoms with Gasteiger partial charge in [0.25, 0.3) is 0 Å². The molecule has 7 heteroatoms. The summed E-state index contributed by atoms with van der Waals surface area (Å²) in [5, 5.41) is 4.17. The van der Waals surface area contributed by atoms with Crippen LogP contribution in [0.25, 0.3) is 0 Å². The van der Waals surface area contributed by atoms with Gasteiger partial charge < -0.3 is 20.9 Å². The molecule has 0 aliphatic carbocycles. The topological polar surface area (TPSA) is 70.3 Å². The van der Waals surface area contributed by atoms with Crippen molar-refractivity contribution >= 4 is 23.4 Å². The van der Waals surface area contributed by atoms with Crippen LogP contribution < -0.4 is 11.1 Å². The molecule has 1 aromatic rings. The number of piperidine rings is 1. The molecule has 21 heavy (non-hydrogen) atoms. The lowest BCUT2D eigenvalue weighted by molar-refractivity contribution is 0.0773. The second kappa shape index (κ2) is 6.81. The van der Waals surface area contributed by atoms with E-state index in [0.29, 0.717) is 11.0 Å². The number of nitrogen functional groups attached to an aromatic ring is 1. The van der Waals surface area contributed by atoms with Gasteiger partial charge in [-0.05, 0) is 53.3 Å². The molecule has 0 unspecified atom stereocenters. The van der Waals surface area contributed by atoms with Crippen molar-refractivity contribution in [2.75, 3.05) is 58.1 Å². The van der Waals surface area contributed by atoms with Gasteiger partial charge in [0.1, 0.15) is 11.6 Å². The Morgan fingerprint density at radius 1 is 1.38 bits per heavy atom. The minimum Gasteiger partial charge on any atom is -0.383 e. The Bertz CT molecular complexity index is 471. The fourth-order valence-electron chi connectivity index (χ4n) is 2.70. The van der Waals surface area contributed by atoms with Crippen LogP contribution in [0, 0.1) is 0 Å². The van der Waals surface area contributed by atoms with Crippen LogP contribution in [-0.2, 0) is 0 Å². The molecule has 0 radical (unpaired) electrons. The largest absolute Gasteiger partial charge is 0.383 e. The lowest BCUT2D eigenvalue weighted by atomic mass is 9.86. The van der Waals surface area contributed by atoms with Gasteiger partial charge in [-0.15, -0.1) is 0 Å². The molecule has 1 fully saturated rings. The average Bonchev–Trinajstić information content (AvgIpc) is 2.46. The zero-order valence-corrected chi connectivity index (χ0v) is 14.2. The zero-order chi connectivity index (χ0) is 15.5. The number of thioether (sulfide) groups is 1. The summed E-state index contributed by atoms with van der Waals surface area (Å²) in [5.41, 5.74) is 6.01. The number of likely N-dealkylation sites (tertiary alicyclic amines) is 1. The summed E-state index contributed by atoms with van der Waals surface area (Å²) in [4.78, 5) is 13.4. The molecule has 0 saturated carbocycles. The summed E-state index contributed by atoms with van der Waals surface area (Å²) in [6.45, 7) is 3.13. The molecule has 1 saturated heterocycles. The summed E-state index contributed by atoms with van der Waals surface area (Å²) in [5.74, 6) is 1.33. The number of nitrogens with one attached hydrogen (secondary N) is 1. The van der Waals surface area contributed by atoms with Crippen molar-refractivity contribution in [3.05, 3.63) is 6.07 Å². The Morgan fingerprint density at radius 3 is 2.62 bits per heavy atom. The van der Waals surface area contributed by atoms with Crippen LogP contribution in [0.3, 0.4) is 0 Å². The van der Waals surface area contributed by atoms with Crippen molar-refractivity contribution < 1.29 is 0 Å². The highest BCUT2D eigenvalue weighted by Crippen LogP contribution is 2.27. The molecule has 3 N–H and O–H groups in total. The van der Waals surface area contributed by atoms with Gasteiger partial charge in [0.05, 0.1) is 0 Å².